The van der Waals surface area contributed by atoms with Gasteiger partial charge in [-0.05, 0) is 18.6 Å². The number of rotatable bonds is 2. The number of hydrogen-bond acceptors (Lipinski definition) is 3. The van der Waals surface area contributed by atoms with Gasteiger partial charge in [0.15, 0.2) is 0 Å². The van der Waals surface area contributed by atoms with Crippen molar-refractivity contribution in [1.82, 2.24) is 4.98 Å². The molecule has 1 aromatic heterocycles. The monoisotopic (exact) mass is 178 g/mol. The molecule has 1 heterocycles. The number of carboxylic acid groups (broad SMARTS) is 1. The topological polar surface area (TPSA) is 76.2 Å². The molecule has 13 heavy (non-hydrogen) atoms. The molecular formula is C9H10N2O2. The Kier molecular flexibility index (Phi) is 2.64. The van der Waals surface area contributed by atoms with Gasteiger partial charge in [-0.3, -0.25) is 4.98 Å². The zero-order chi connectivity index (χ0) is 9.84. The van der Waals surface area contributed by atoms with Crippen LogP contribution < -0.4 is 5.73 Å². The molecule has 4 nitrogen and oxygen atoms in total. The van der Waals surface area contributed by atoms with Gasteiger partial charge in [-0.25, -0.2) is 4.79 Å². The van der Waals surface area contributed by atoms with E-state index >= 15 is 0 Å². The molecule has 68 valence electrons. The first-order valence-corrected chi connectivity index (χ1v) is 3.72. The van der Waals surface area contributed by atoms with E-state index in [1.807, 2.05) is 6.92 Å². The van der Waals surface area contributed by atoms with Crippen LogP contribution >= 0.6 is 0 Å². The van der Waals surface area contributed by atoms with Crippen molar-refractivity contribution in [3.63, 3.8) is 0 Å². The van der Waals surface area contributed by atoms with Gasteiger partial charge in [0.25, 0.3) is 0 Å². The summed E-state index contributed by atoms with van der Waals surface area (Å²) in [5.41, 5.74) is 7.71. The quantitative estimate of drug-likeness (QED) is 0.664. The number of nitrogen functional groups attached to an aromatic ring is 1. The van der Waals surface area contributed by atoms with Gasteiger partial charge in [-0.2, -0.15) is 0 Å². The molecule has 1 aromatic rings. The van der Waals surface area contributed by atoms with Gasteiger partial charge in [0.1, 0.15) is 0 Å². The molecule has 4 heteroatoms. The first kappa shape index (κ1) is 9.25. The van der Waals surface area contributed by atoms with Gasteiger partial charge in [-0.15, -0.1) is 0 Å². The number of nitrogens with zero attached hydrogens (tertiary/aromatic N) is 1. The zero-order valence-corrected chi connectivity index (χ0v) is 7.19. The van der Waals surface area contributed by atoms with Crippen molar-refractivity contribution >= 4 is 17.7 Å². The second kappa shape index (κ2) is 3.71. The van der Waals surface area contributed by atoms with Gasteiger partial charge in [0.05, 0.1) is 0 Å². The first-order chi connectivity index (χ1) is 6.11. The minimum Gasteiger partial charge on any atom is -0.478 e. The first-order valence-electron chi connectivity index (χ1n) is 3.72. The lowest BCUT2D eigenvalue weighted by Crippen LogP contribution is -1.95. The van der Waals surface area contributed by atoms with Crippen LogP contribution in [0.25, 0.3) is 6.08 Å². The third kappa shape index (κ3) is 2.30. The normalized spacial score (nSPS) is 10.5. The largest absolute Gasteiger partial charge is 0.478 e. The van der Waals surface area contributed by atoms with E-state index < -0.39 is 5.97 Å². The van der Waals surface area contributed by atoms with Crippen LogP contribution in [0.5, 0.6) is 0 Å². The molecule has 0 saturated heterocycles. The van der Waals surface area contributed by atoms with E-state index in [1.54, 1.807) is 6.20 Å². The molecule has 0 unspecified atom stereocenters. The lowest BCUT2D eigenvalue weighted by molar-refractivity contribution is -0.131. The fraction of sp³-hybridized carbons (Fsp3) is 0.111. The zero-order valence-electron chi connectivity index (χ0n) is 7.19. The summed E-state index contributed by atoms with van der Waals surface area (Å²) < 4.78 is 0. The van der Waals surface area contributed by atoms with E-state index in [-0.39, 0.29) is 0 Å². The molecule has 0 atom stereocenters. The molecule has 0 spiro atoms. The lowest BCUT2D eigenvalue weighted by atomic mass is 10.1. The summed E-state index contributed by atoms with van der Waals surface area (Å²) >= 11 is 0. The third-order valence-corrected chi connectivity index (χ3v) is 1.62. The van der Waals surface area contributed by atoms with Crippen LogP contribution in [-0.4, -0.2) is 16.1 Å². The van der Waals surface area contributed by atoms with E-state index in [0.29, 0.717) is 11.3 Å². The molecule has 0 radical (unpaired) electrons. The Morgan fingerprint density at radius 1 is 1.62 bits per heavy atom. The molecule has 0 fully saturated rings. The number of carboxylic acids is 1. The highest BCUT2D eigenvalue weighted by molar-refractivity contribution is 5.86. The molecule has 3 N–H and O–H groups in total. The third-order valence-electron chi connectivity index (χ3n) is 1.62. The number of anilines is 1. The average Bonchev–Trinajstić information content (AvgIpc) is 2.07. The van der Waals surface area contributed by atoms with Crippen molar-refractivity contribution in [3.8, 4) is 0 Å². The summed E-state index contributed by atoms with van der Waals surface area (Å²) in [5.74, 6) is -0.999. The van der Waals surface area contributed by atoms with E-state index in [1.165, 1.54) is 12.3 Å². The minimum absolute atomic E-state index is 0.563. The van der Waals surface area contributed by atoms with E-state index in [0.717, 1.165) is 11.6 Å². The van der Waals surface area contributed by atoms with Crippen LogP contribution in [-0.2, 0) is 4.79 Å². The van der Waals surface area contributed by atoms with Crippen molar-refractivity contribution in [2.75, 3.05) is 5.73 Å². The van der Waals surface area contributed by atoms with Crippen LogP contribution in [0, 0.1) is 6.92 Å². The molecule has 0 aliphatic rings. The molecule has 0 aliphatic heterocycles. The Hall–Kier alpha value is -1.84. The number of hydrogen-bond donors (Lipinski definition) is 2. The maximum Gasteiger partial charge on any atom is 0.328 e. The second-order valence-electron chi connectivity index (χ2n) is 2.63. The van der Waals surface area contributed by atoms with E-state index in [9.17, 15) is 4.79 Å². The van der Waals surface area contributed by atoms with Crippen LogP contribution in [0.1, 0.15) is 11.1 Å². The van der Waals surface area contributed by atoms with Crippen molar-refractivity contribution in [3.05, 3.63) is 29.6 Å². The van der Waals surface area contributed by atoms with Gasteiger partial charge >= 0.3 is 5.97 Å². The molecule has 0 aliphatic carbocycles. The number of nitrogens with two attached hydrogens (primary N) is 1. The maximum atomic E-state index is 10.2. The average molecular weight is 178 g/mol. The SMILES string of the molecule is Cc1cncc(/C=C/C(=O)O)c1N. The smallest absolute Gasteiger partial charge is 0.328 e. The number of carbonyl (C=O) groups is 1. The van der Waals surface area contributed by atoms with Gasteiger partial charge in [-0.1, -0.05) is 0 Å². The summed E-state index contributed by atoms with van der Waals surface area (Å²) in [6.45, 7) is 1.82. The predicted octanol–water partition coefficient (Wildman–Crippen LogP) is 1.07. The highest BCUT2D eigenvalue weighted by atomic mass is 16.4. The Morgan fingerprint density at radius 2 is 2.31 bits per heavy atom. The number of aliphatic carboxylic acids is 1. The Morgan fingerprint density at radius 3 is 2.92 bits per heavy atom. The molecule has 0 amide bonds. The summed E-state index contributed by atoms with van der Waals surface area (Å²) in [6.07, 6.45) is 5.62. The lowest BCUT2D eigenvalue weighted by Gasteiger charge is -2.01. The molecule has 0 aromatic carbocycles. The summed E-state index contributed by atoms with van der Waals surface area (Å²) in [6, 6.07) is 0. The summed E-state index contributed by atoms with van der Waals surface area (Å²) in [4.78, 5) is 14.1. The highest BCUT2D eigenvalue weighted by Gasteiger charge is 1.98. The van der Waals surface area contributed by atoms with Crippen molar-refractivity contribution in [2.45, 2.75) is 6.92 Å². The van der Waals surface area contributed by atoms with Gasteiger partial charge in [0.2, 0.25) is 0 Å². The fourth-order valence-corrected chi connectivity index (χ4v) is 0.890. The molecule has 1 rings (SSSR count). The van der Waals surface area contributed by atoms with Crippen molar-refractivity contribution < 1.29 is 9.90 Å². The number of pyridine rings is 1. The van der Waals surface area contributed by atoms with E-state index in [2.05, 4.69) is 4.98 Å². The van der Waals surface area contributed by atoms with Gasteiger partial charge in [0, 0.05) is 29.7 Å². The van der Waals surface area contributed by atoms with Crippen LogP contribution in [0.3, 0.4) is 0 Å². The van der Waals surface area contributed by atoms with Gasteiger partial charge < -0.3 is 10.8 Å². The minimum atomic E-state index is -0.999. The highest BCUT2D eigenvalue weighted by Crippen LogP contribution is 2.15. The van der Waals surface area contributed by atoms with E-state index in [4.69, 9.17) is 10.8 Å². The maximum absolute atomic E-state index is 10.2. The Bertz CT molecular complexity index is 359. The van der Waals surface area contributed by atoms with Crippen molar-refractivity contribution in [2.24, 2.45) is 0 Å². The Balaban J connectivity index is 3.02. The van der Waals surface area contributed by atoms with Crippen LogP contribution in [0.4, 0.5) is 5.69 Å². The number of aromatic nitrogens is 1. The molecular weight excluding hydrogens is 168 g/mol. The van der Waals surface area contributed by atoms with Crippen LogP contribution in [0.15, 0.2) is 18.5 Å². The van der Waals surface area contributed by atoms with Crippen molar-refractivity contribution in [1.29, 1.82) is 0 Å². The Labute approximate surface area is 75.7 Å². The summed E-state index contributed by atoms with van der Waals surface area (Å²) in [5, 5.41) is 8.39. The van der Waals surface area contributed by atoms with Crippen LogP contribution in [0.2, 0.25) is 0 Å². The number of aryl methyl sites for hydroxylation is 1. The molecule has 0 bridgehead atoms. The second-order valence-corrected chi connectivity index (χ2v) is 2.63. The summed E-state index contributed by atoms with van der Waals surface area (Å²) in [7, 11) is 0. The standard InChI is InChI=1S/C9H10N2O2/c1-6-4-11-5-7(9(6)10)2-3-8(12)13/h2-5H,1H3,(H2,10,11)(H,12,13)/b3-2+. The predicted molar refractivity (Wildman–Crippen MR) is 50.1 cm³/mol. The molecule has 0 saturated carbocycles. The fourth-order valence-electron chi connectivity index (χ4n) is 0.890.